The average Bonchev–Trinajstić information content (AvgIpc) is 2.17. The molecule has 0 bridgehead atoms. The van der Waals surface area contributed by atoms with E-state index in [9.17, 15) is 0 Å². The predicted molar refractivity (Wildman–Crippen MR) is 42.4 cm³/mol. The maximum Gasteiger partial charge on any atom is 0.260 e. The first-order valence-electron chi connectivity index (χ1n) is 4.01. The molecular weight excluding hydrogens is 156 g/mol. The molecule has 1 aliphatic rings. The van der Waals surface area contributed by atoms with Crippen molar-refractivity contribution in [2.75, 3.05) is 13.2 Å². The lowest BCUT2D eigenvalue weighted by Crippen LogP contribution is -2.17. The summed E-state index contributed by atoms with van der Waals surface area (Å²) < 4.78 is 10.6. The lowest BCUT2D eigenvalue weighted by Gasteiger charge is -2.16. The number of fused-ring (bicyclic) bond motifs is 1. The third kappa shape index (κ3) is 1.20. The molecule has 4 nitrogen and oxygen atoms in total. The summed E-state index contributed by atoms with van der Waals surface area (Å²) in [5.74, 6) is 2.02. The van der Waals surface area contributed by atoms with Gasteiger partial charge in [0.15, 0.2) is 5.75 Å². The van der Waals surface area contributed by atoms with E-state index in [0.29, 0.717) is 24.8 Å². The highest BCUT2D eigenvalue weighted by Crippen LogP contribution is 2.25. The minimum atomic E-state index is 0.577. The molecule has 0 fully saturated rings. The van der Waals surface area contributed by atoms with Gasteiger partial charge in [0.2, 0.25) is 0 Å². The number of nitrogens with zero attached hydrogens (tertiary/aromatic N) is 2. The van der Waals surface area contributed by atoms with Gasteiger partial charge in [0.05, 0.1) is 6.20 Å². The molecule has 2 heterocycles. The van der Waals surface area contributed by atoms with Crippen LogP contribution in [0.3, 0.4) is 0 Å². The number of aromatic nitrogens is 2. The molecule has 0 aliphatic carbocycles. The fourth-order valence-corrected chi connectivity index (χ4v) is 1.05. The Morgan fingerprint density at radius 1 is 1.42 bits per heavy atom. The van der Waals surface area contributed by atoms with Crippen LogP contribution < -0.4 is 9.47 Å². The van der Waals surface area contributed by atoms with Crippen LogP contribution in [-0.2, 0) is 6.42 Å². The maximum atomic E-state index is 5.29. The second-order valence-corrected chi connectivity index (χ2v) is 2.51. The second kappa shape index (κ2) is 2.97. The van der Waals surface area contributed by atoms with E-state index in [1.54, 1.807) is 6.20 Å². The van der Waals surface area contributed by atoms with Gasteiger partial charge in [-0.3, -0.25) is 0 Å². The molecule has 1 aliphatic heterocycles. The van der Waals surface area contributed by atoms with Gasteiger partial charge in [0.25, 0.3) is 5.88 Å². The minimum absolute atomic E-state index is 0.577. The molecule has 12 heavy (non-hydrogen) atoms. The summed E-state index contributed by atoms with van der Waals surface area (Å²) in [7, 11) is 0. The highest BCUT2D eigenvalue weighted by atomic mass is 16.6. The number of ether oxygens (including phenoxy) is 2. The lowest BCUT2D eigenvalue weighted by atomic mass is 10.4. The molecule has 0 atom stereocenters. The number of hydrogen-bond acceptors (Lipinski definition) is 4. The molecule has 0 saturated carbocycles. The summed E-state index contributed by atoms with van der Waals surface area (Å²) >= 11 is 0. The lowest BCUT2D eigenvalue weighted by molar-refractivity contribution is 0.162. The summed E-state index contributed by atoms with van der Waals surface area (Å²) in [5, 5.41) is 0. The normalized spacial score (nSPS) is 14.4. The standard InChI is InChI=1S/C8H10N2O2/c1-2-7-9-5-6-8(10-7)12-4-3-11-6/h5H,2-4H2,1H3. The van der Waals surface area contributed by atoms with Crippen LogP contribution in [0.2, 0.25) is 0 Å². The van der Waals surface area contributed by atoms with Gasteiger partial charge in [-0.15, -0.1) is 0 Å². The minimum Gasteiger partial charge on any atom is -0.483 e. The van der Waals surface area contributed by atoms with Crippen LogP contribution >= 0.6 is 0 Å². The average molecular weight is 166 g/mol. The van der Waals surface area contributed by atoms with Crippen LogP contribution in [-0.4, -0.2) is 23.2 Å². The largest absolute Gasteiger partial charge is 0.483 e. The van der Waals surface area contributed by atoms with Gasteiger partial charge in [-0.05, 0) is 0 Å². The molecule has 2 rings (SSSR count). The molecule has 0 radical (unpaired) electrons. The van der Waals surface area contributed by atoms with Gasteiger partial charge >= 0.3 is 0 Å². The van der Waals surface area contributed by atoms with Crippen LogP contribution in [0, 0.1) is 0 Å². The molecule has 0 saturated heterocycles. The molecule has 1 aromatic rings. The third-order valence-corrected chi connectivity index (χ3v) is 1.67. The van der Waals surface area contributed by atoms with Crippen molar-refractivity contribution < 1.29 is 9.47 Å². The van der Waals surface area contributed by atoms with E-state index >= 15 is 0 Å². The molecule has 0 unspecified atom stereocenters. The van der Waals surface area contributed by atoms with E-state index in [1.807, 2.05) is 6.92 Å². The smallest absolute Gasteiger partial charge is 0.260 e. The van der Waals surface area contributed by atoms with E-state index in [-0.39, 0.29) is 0 Å². The highest BCUT2D eigenvalue weighted by molar-refractivity contribution is 5.31. The first kappa shape index (κ1) is 7.34. The molecule has 0 amide bonds. The Kier molecular flexibility index (Phi) is 1.81. The zero-order valence-electron chi connectivity index (χ0n) is 6.91. The van der Waals surface area contributed by atoms with Crippen molar-refractivity contribution in [3.63, 3.8) is 0 Å². The van der Waals surface area contributed by atoms with Crippen molar-refractivity contribution >= 4 is 0 Å². The zero-order valence-corrected chi connectivity index (χ0v) is 6.91. The fourth-order valence-electron chi connectivity index (χ4n) is 1.05. The third-order valence-electron chi connectivity index (χ3n) is 1.67. The molecule has 0 N–H and O–H groups in total. The first-order valence-corrected chi connectivity index (χ1v) is 4.01. The van der Waals surface area contributed by atoms with Gasteiger partial charge < -0.3 is 9.47 Å². The van der Waals surface area contributed by atoms with Crippen LogP contribution in [0.5, 0.6) is 11.6 Å². The summed E-state index contributed by atoms with van der Waals surface area (Å²) in [6, 6.07) is 0. The Morgan fingerprint density at radius 2 is 2.25 bits per heavy atom. The van der Waals surface area contributed by atoms with Gasteiger partial charge in [0.1, 0.15) is 19.0 Å². The van der Waals surface area contributed by atoms with Crippen molar-refractivity contribution in [3.05, 3.63) is 12.0 Å². The van der Waals surface area contributed by atoms with E-state index in [0.717, 1.165) is 12.2 Å². The van der Waals surface area contributed by atoms with E-state index in [2.05, 4.69) is 9.97 Å². The van der Waals surface area contributed by atoms with Gasteiger partial charge in [-0.1, -0.05) is 6.92 Å². The topological polar surface area (TPSA) is 44.2 Å². The van der Waals surface area contributed by atoms with Gasteiger partial charge in [-0.25, -0.2) is 4.98 Å². The van der Waals surface area contributed by atoms with Gasteiger partial charge in [-0.2, -0.15) is 4.98 Å². The molecular formula is C8H10N2O2. The molecule has 0 spiro atoms. The van der Waals surface area contributed by atoms with Crippen molar-refractivity contribution in [1.29, 1.82) is 0 Å². The van der Waals surface area contributed by atoms with Gasteiger partial charge in [0, 0.05) is 6.42 Å². The molecule has 4 heteroatoms. The zero-order chi connectivity index (χ0) is 8.39. The Labute approximate surface area is 70.6 Å². The van der Waals surface area contributed by atoms with Crippen molar-refractivity contribution in [2.24, 2.45) is 0 Å². The summed E-state index contributed by atoms with van der Waals surface area (Å²) in [6.45, 7) is 3.17. The van der Waals surface area contributed by atoms with E-state index in [1.165, 1.54) is 0 Å². The molecule has 1 aromatic heterocycles. The van der Waals surface area contributed by atoms with Crippen LogP contribution in [0.4, 0.5) is 0 Å². The second-order valence-electron chi connectivity index (χ2n) is 2.51. The summed E-state index contributed by atoms with van der Waals surface area (Å²) in [4.78, 5) is 8.27. The van der Waals surface area contributed by atoms with E-state index < -0.39 is 0 Å². The van der Waals surface area contributed by atoms with Crippen molar-refractivity contribution in [1.82, 2.24) is 9.97 Å². The summed E-state index contributed by atoms with van der Waals surface area (Å²) in [5.41, 5.74) is 0. The summed E-state index contributed by atoms with van der Waals surface area (Å²) in [6.07, 6.45) is 2.48. The first-order chi connectivity index (χ1) is 5.90. The Bertz CT molecular complexity index is 288. The quantitative estimate of drug-likeness (QED) is 0.619. The monoisotopic (exact) mass is 166 g/mol. The maximum absolute atomic E-state index is 5.29. The van der Waals surface area contributed by atoms with Crippen LogP contribution in [0.25, 0.3) is 0 Å². The highest BCUT2D eigenvalue weighted by Gasteiger charge is 2.13. The van der Waals surface area contributed by atoms with E-state index in [4.69, 9.17) is 9.47 Å². The fraction of sp³-hybridized carbons (Fsp3) is 0.500. The Hall–Kier alpha value is -1.32. The number of rotatable bonds is 1. The predicted octanol–water partition coefficient (Wildman–Crippen LogP) is 0.810. The SMILES string of the molecule is CCc1ncc2c(n1)OCCO2. The number of hydrogen-bond donors (Lipinski definition) is 0. The molecule has 64 valence electrons. The van der Waals surface area contributed by atoms with Crippen LogP contribution in [0.1, 0.15) is 12.7 Å². The van der Waals surface area contributed by atoms with Crippen molar-refractivity contribution in [3.8, 4) is 11.6 Å². The Morgan fingerprint density at radius 3 is 3.08 bits per heavy atom. The Balaban J connectivity index is 2.36. The molecule has 0 aromatic carbocycles. The van der Waals surface area contributed by atoms with Crippen LogP contribution in [0.15, 0.2) is 6.20 Å². The van der Waals surface area contributed by atoms with Crippen molar-refractivity contribution in [2.45, 2.75) is 13.3 Å². The number of aryl methyl sites for hydroxylation is 1.